The average molecular weight is 491 g/mol. The van der Waals surface area contributed by atoms with Gasteiger partial charge in [-0.25, -0.2) is 0 Å². The van der Waals surface area contributed by atoms with Gasteiger partial charge in [0, 0.05) is 0 Å². The van der Waals surface area contributed by atoms with Crippen molar-refractivity contribution >= 4 is 21.5 Å². The Morgan fingerprint density at radius 2 is 0.892 bits per heavy atom. The van der Waals surface area contributed by atoms with Crippen molar-refractivity contribution < 1.29 is 0 Å². The SMILES string of the molecule is CC.CC(C)c1ccc2ccccc2c1.CC(C)c1cccc2ccccc12.CC(C)c1ccccc1. The molecule has 0 N–H and O–H groups in total. The predicted molar refractivity (Wildman–Crippen MR) is 168 cm³/mol. The molecule has 0 aromatic heterocycles. The number of hydrogen-bond acceptors (Lipinski definition) is 0. The molecule has 5 aromatic rings. The Morgan fingerprint density at radius 3 is 1.46 bits per heavy atom. The Morgan fingerprint density at radius 1 is 0.378 bits per heavy atom. The molecule has 0 aliphatic heterocycles. The maximum Gasteiger partial charge on any atom is -0.0149 e. The van der Waals surface area contributed by atoms with Gasteiger partial charge in [-0.1, -0.05) is 171 Å². The van der Waals surface area contributed by atoms with Crippen molar-refractivity contribution in [2.75, 3.05) is 0 Å². The fraction of sp³-hybridized carbons (Fsp3) is 0.297. The van der Waals surface area contributed by atoms with E-state index < -0.39 is 0 Å². The highest BCUT2D eigenvalue weighted by Crippen LogP contribution is 2.24. The monoisotopic (exact) mass is 490 g/mol. The molecule has 0 heteroatoms. The summed E-state index contributed by atoms with van der Waals surface area (Å²) in [4.78, 5) is 0. The van der Waals surface area contributed by atoms with E-state index in [1.54, 1.807) is 0 Å². The summed E-state index contributed by atoms with van der Waals surface area (Å²) in [6.45, 7) is 17.3. The lowest BCUT2D eigenvalue weighted by molar-refractivity contribution is 0.867. The molecule has 0 atom stereocenters. The minimum Gasteiger partial charge on any atom is -0.0683 e. The first-order chi connectivity index (χ1) is 17.9. The molecule has 5 rings (SSSR count). The van der Waals surface area contributed by atoms with Gasteiger partial charge in [-0.2, -0.15) is 0 Å². The molecule has 0 fully saturated rings. The van der Waals surface area contributed by atoms with Crippen LogP contribution in [-0.4, -0.2) is 0 Å². The fourth-order valence-electron chi connectivity index (χ4n) is 4.16. The van der Waals surface area contributed by atoms with Crippen LogP contribution >= 0.6 is 0 Å². The normalized spacial score (nSPS) is 10.4. The molecule has 0 nitrogen and oxygen atoms in total. The van der Waals surface area contributed by atoms with Gasteiger partial charge >= 0.3 is 0 Å². The van der Waals surface area contributed by atoms with Gasteiger partial charge in [-0.15, -0.1) is 0 Å². The standard InChI is InChI=1S/2C13H14.C9H12.C2H6/c1-10(2)12-9-5-7-11-6-3-4-8-13(11)12;1-10(2)12-8-7-11-5-3-4-6-13(11)9-12;1-8(2)9-6-4-3-5-7-9;1-2/h2*3-10H,1-2H3;3-8H,1-2H3;1-2H3. The first-order valence-electron chi connectivity index (χ1n) is 13.9. The van der Waals surface area contributed by atoms with E-state index in [2.05, 4.69) is 151 Å². The van der Waals surface area contributed by atoms with E-state index in [4.69, 9.17) is 0 Å². The lowest BCUT2D eigenvalue weighted by Crippen LogP contribution is -1.88. The van der Waals surface area contributed by atoms with E-state index in [9.17, 15) is 0 Å². The second-order valence-electron chi connectivity index (χ2n) is 10.0. The van der Waals surface area contributed by atoms with Gasteiger partial charge in [-0.3, -0.25) is 0 Å². The van der Waals surface area contributed by atoms with Gasteiger partial charge in [0.15, 0.2) is 0 Å². The average Bonchev–Trinajstić information content (AvgIpc) is 2.94. The zero-order valence-corrected chi connectivity index (χ0v) is 24.2. The van der Waals surface area contributed by atoms with Crippen molar-refractivity contribution in [2.24, 2.45) is 0 Å². The third-order valence-electron chi connectivity index (χ3n) is 6.35. The molecule has 0 bridgehead atoms. The Bertz CT molecular complexity index is 1300. The van der Waals surface area contributed by atoms with Crippen LogP contribution in [0.4, 0.5) is 0 Å². The minimum absolute atomic E-state index is 0.603. The van der Waals surface area contributed by atoms with Crippen LogP contribution in [0.5, 0.6) is 0 Å². The van der Waals surface area contributed by atoms with Gasteiger partial charge in [0.25, 0.3) is 0 Å². The van der Waals surface area contributed by atoms with Crippen molar-refractivity contribution in [3.8, 4) is 0 Å². The van der Waals surface area contributed by atoms with E-state index in [1.165, 1.54) is 38.2 Å². The molecule has 37 heavy (non-hydrogen) atoms. The van der Waals surface area contributed by atoms with Crippen LogP contribution in [0.1, 0.15) is 89.8 Å². The Labute approximate surface area is 226 Å². The molecule has 0 spiro atoms. The van der Waals surface area contributed by atoms with Crippen LogP contribution in [0.3, 0.4) is 0 Å². The molecule has 0 saturated heterocycles. The van der Waals surface area contributed by atoms with E-state index >= 15 is 0 Å². The zero-order valence-electron chi connectivity index (χ0n) is 24.2. The molecular weight excluding hydrogens is 444 g/mol. The summed E-state index contributed by atoms with van der Waals surface area (Å²) in [5, 5.41) is 5.40. The van der Waals surface area contributed by atoms with E-state index in [0.29, 0.717) is 17.8 Å². The summed E-state index contributed by atoms with van der Waals surface area (Å²) in [6.07, 6.45) is 0. The molecule has 0 radical (unpaired) electrons. The van der Waals surface area contributed by atoms with Crippen LogP contribution in [0.15, 0.2) is 115 Å². The zero-order chi connectivity index (χ0) is 27.2. The van der Waals surface area contributed by atoms with Crippen molar-refractivity contribution in [1.29, 1.82) is 0 Å². The lowest BCUT2D eigenvalue weighted by atomic mass is 9.96. The van der Waals surface area contributed by atoms with Gasteiger partial charge < -0.3 is 0 Å². The van der Waals surface area contributed by atoms with Crippen LogP contribution in [0.2, 0.25) is 0 Å². The second kappa shape index (κ2) is 15.7. The summed E-state index contributed by atoms with van der Waals surface area (Å²) in [5.41, 5.74) is 4.27. The van der Waals surface area contributed by atoms with Gasteiger partial charge in [0.05, 0.1) is 0 Å². The highest BCUT2D eigenvalue weighted by Gasteiger charge is 2.03. The summed E-state index contributed by atoms with van der Waals surface area (Å²) >= 11 is 0. The van der Waals surface area contributed by atoms with Gasteiger partial charge in [0.2, 0.25) is 0 Å². The number of hydrogen-bond donors (Lipinski definition) is 0. The topological polar surface area (TPSA) is 0 Å². The molecule has 194 valence electrons. The second-order valence-corrected chi connectivity index (χ2v) is 10.0. The van der Waals surface area contributed by atoms with Gasteiger partial charge in [0.1, 0.15) is 0 Å². The first kappa shape index (κ1) is 29.8. The van der Waals surface area contributed by atoms with Crippen molar-refractivity contribution in [3.63, 3.8) is 0 Å². The molecular formula is C37H46. The molecule has 0 heterocycles. The van der Waals surface area contributed by atoms with E-state index in [1.807, 2.05) is 19.9 Å². The van der Waals surface area contributed by atoms with Crippen molar-refractivity contribution in [1.82, 2.24) is 0 Å². The number of fused-ring (bicyclic) bond motifs is 2. The van der Waals surface area contributed by atoms with Crippen LogP contribution in [0.25, 0.3) is 21.5 Å². The van der Waals surface area contributed by atoms with Crippen LogP contribution in [-0.2, 0) is 0 Å². The quantitative estimate of drug-likeness (QED) is 0.236. The smallest absolute Gasteiger partial charge is 0.0149 e. The molecule has 0 amide bonds. The molecule has 5 aromatic carbocycles. The van der Waals surface area contributed by atoms with E-state index in [-0.39, 0.29) is 0 Å². The predicted octanol–water partition coefficient (Wildman–Crippen LogP) is 11.8. The third-order valence-corrected chi connectivity index (χ3v) is 6.35. The van der Waals surface area contributed by atoms with E-state index in [0.717, 1.165) is 0 Å². The summed E-state index contributed by atoms with van der Waals surface area (Å²) in [7, 11) is 0. The van der Waals surface area contributed by atoms with Crippen molar-refractivity contribution in [2.45, 2.75) is 73.1 Å². The maximum absolute atomic E-state index is 2.28. The summed E-state index contributed by atoms with van der Waals surface area (Å²) in [6, 6.07) is 40.8. The lowest BCUT2D eigenvalue weighted by Gasteiger charge is -2.08. The Hall–Kier alpha value is -3.38. The number of rotatable bonds is 3. The fourth-order valence-corrected chi connectivity index (χ4v) is 4.16. The highest BCUT2D eigenvalue weighted by atomic mass is 14.1. The Kier molecular flexibility index (Phi) is 12.6. The molecule has 0 unspecified atom stereocenters. The van der Waals surface area contributed by atoms with Crippen LogP contribution in [0, 0.1) is 0 Å². The summed E-state index contributed by atoms with van der Waals surface area (Å²) < 4.78 is 0. The Balaban J connectivity index is 0.000000192. The number of benzene rings is 5. The molecule has 0 saturated carbocycles. The third kappa shape index (κ3) is 9.21. The highest BCUT2D eigenvalue weighted by molar-refractivity contribution is 5.86. The molecule has 0 aliphatic carbocycles. The minimum atomic E-state index is 0.603. The first-order valence-corrected chi connectivity index (χ1v) is 13.9. The molecule has 0 aliphatic rings. The maximum atomic E-state index is 2.28. The van der Waals surface area contributed by atoms with Gasteiger partial charge in [-0.05, 0) is 56.0 Å². The largest absolute Gasteiger partial charge is 0.0683 e. The van der Waals surface area contributed by atoms with Crippen molar-refractivity contribution in [3.05, 3.63) is 132 Å². The summed E-state index contributed by atoms with van der Waals surface area (Å²) in [5.74, 6) is 1.88. The van der Waals surface area contributed by atoms with Crippen LogP contribution < -0.4 is 0 Å².